The lowest BCUT2D eigenvalue weighted by molar-refractivity contribution is 0.0740. The van der Waals surface area contributed by atoms with Crippen LogP contribution in [-0.4, -0.2) is 51.9 Å². The van der Waals surface area contributed by atoms with Crippen molar-refractivity contribution in [1.82, 2.24) is 19.9 Å². The van der Waals surface area contributed by atoms with Crippen LogP contribution < -0.4 is 4.90 Å². The highest BCUT2D eigenvalue weighted by Gasteiger charge is 2.24. The van der Waals surface area contributed by atoms with Gasteiger partial charge >= 0.3 is 0 Å². The Morgan fingerprint density at radius 2 is 1.84 bits per heavy atom. The fourth-order valence-corrected chi connectivity index (χ4v) is 3.10. The van der Waals surface area contributed by atoms with Crippen molar-refractivity contribution < 1.29 is 9.18 Å². The van der Waals surface area contributed by atoms with Crippen molar-refractivity contribution in [3.63, 3.8) is 0 Å². The van der Waals surface area contributed by atoms with Gasteiger partial charge in [-0.2, -0.15) is 0 Å². The molecule has 0 atom stereocenters. The van der Waals surface area contributed by atoms with Crippen LogP contribution in [0.25, 0.3) is 10.9 Å². The highest BCUT2D eigenvalue weighted by atomic mass is 19.1. The number of hydrogen-bond donors (Lipinski definition) is 0. The normalized spacial score (nSPS) is 14.8. The van der Waals surface area contributed by atoms with E-state index in [1.807, 2.05) is 6.07 Å². The Balaban J connectivity index is 1.52. The predicted octanol–water partition coefficient (Wildman–Crippen LogP) is 2.13. The van der Waals surface area contributed by atoms with Gasteiger partial charge in [-0.15, -0.1) is 0 Å². The zero-order valence-corrected chi connectivity index (χ0v) is 13.5. The Bertz CT molecular complexity index is 910. The van der Waals surface area contributed by atoms with Crippen molar-refractivity contribution in [3.05, 3.63) is 60.6 Å². The summed E-state index contributed by atoms with van der Waals surface area (Å²) in [5.41, 5.74) is 2.01. The van der Waals surface area contributed by atoms with Gasteiger partial charge in [0.05, 0.1) is 11.7 Å². The Morgan fingerprint density at radius 1 is 1.00 bits per heavy atom. The molecule has 1 saturated heterocycles. The molecule has 1 aromatic carbocycles. The van der Waals surface area contributed by atoms with Crippen LogP contribution in [-0.2, 0) is 0 Å². The van der Waals surface area contributed by atoms with E-state index in [2.05, 4.69) is 19.9 Å². The first-order chi connectivity index (χ1) is 12.2. The summed E-state index contributed by atoms with van der Waals surface area (Å²) in [6.07, 6.45) is 6.24. The maximum absolute atomic E-state index is 13.4. The summed E-state index contributed by atoms with van der Waals surface area (Å²) in [5.74, 6) is -0.397. The zero-order chi connectivity index (χ0) is 17.2. The number of carbonyl (C=O) groups is 1. The van der Waals surface area contributed by atoms with Crippen LogP contribution in [0.4, 0.5) is 10.1 Å². The molecule has 0 radical (unpaired) electrons. The second-order valence-electron chi connectivity index (χ2n) is 5.86. The molecule has 2 aromatic heterocycles. The average molecular weight is 337 g/mol. The number of carbonyl (C=O) groups excluding carboxylic acids is 1. The fourth-order valence-electron chi connectivity index (χ4n) is 3.10. The molecule has 25 heavy (non-hydrogen) atoms. The molecule has 1 aliphatic heterocycles. The largest absolute Gasteiger partial charge is 0.367 e. The lowest BCUT2D eigenvalue weighted by Crippen LogP contribution is -2.49. The van der Waals surface area contributed by atoms with Gasteiger partial charge in [0.15, 0.2) is 0 Å². The minimum Gasteiger partial charge on any atom is -0.367 e. The maximum Gasteiger partial charge on any atom is 0.274 e. The highest BCUT2D eigenvalue weighted by molar-refractivity contribution is 5.93. The standard InChI is InChI=1S/C18H16FN5O/c19-13-1-2-14-15(11-13)21-4-3-17(14)23-7-9-24(10-8-23)18(25)16-12-20-5-6-22-16/h1-6,11-12H,7-10H2. The predicted molar refractivity (Wildman–Crippen MR) is 91.8 cm³/mol. The molecule has 0 aliphatic carbocycles. The average Bonchev–Trinajstić information content (AvgIpc) is 2.67. The van der Waals surface area contributed by atoms with Gasteiger partial charge in [-0.3, -0.25) is 14.8 Å². The Labute approximate surface area is 143 Å². The molecule has 0 unspecified atom stereocenters. The monoisotopic (exact) mass is 337 g/mol. The number of piperazine rings is 1. The number of rotatable bonds is 2. The number of pyridine rings is 1. The Morgan fingerprint density at radius 3 is 2.60 bits per heavy atom. The number of hydrogen-bond acceptors (Lipinski definition) is 5. The van der Waals surface area contributed by atoms with Crippen LogP contribution in [0, 0.1) is 5.82 Å². The van der Waals surface area contributed by atoms with E-state index in [-0.39, 0.29) is 11.7 Å². The first kappa shape index (κ1) is 15.4. The molecule has 1 aliphatic rings. The second-order valence-corrected chi connectivity index (χ2v) is 5.86. The van der Waals surface area contributed by atoms with E-state index in [1.165, 1.54) is 24.5 Å². The third-order valence-electron chi connectivity index (χ3n) is 4.37. The SMILES string of the molecule is O=C(c1cnccn1)N1CCN(c2ccnc3cc(F)ccc23)CC1. The topological polar surface area (TPSA) is 62.2 Å². The van der Waals surface area contributed by atoms with Gasteiger partial charge in [0.25, 0.3) is 5.91 Å². The number of aromatic nitrogens is 3. The van der Waals surface area contributed by atoms with Gasteiger partial charge in [0.2, 0.25) is 0 Å². The maximum atomic E-state index is 13.4. The second kappa shape index (κ2) is 6.43. The molecule has 6 nitrogen and oxygen atoms in total. The van der Waals surface area contributed by atoms with Gasteiger partial charge < -0.3 is 9.80 Å². The van der Waals surface area contributed by atoms with E-state index in [0.29, 0.717) is 37.4 Å². The molecule has 4 rings (SSSR count). The van der Waals surface area contributed by atoms with Crippen LogP contribution >= 0.6 is 0 Å². The van der Waals surface area contributed by atoms with E-state index < -0.39 is 0 Å². The van der Waals surface area contributed by atoms with Crippen LogP contribution in [0.5, 0.6) is 0 Å². The third-order valence-corrected chi connectivity index (χ3v) is 4.37. The van der Waals surface area contributed by atoms with Crippen molar-refractivity contribution in [2.75, 3.05) is 31.1 Å². The highest BCUT2D eigenvalue weighted by Crippen LogP contribution is 2.26. The molecule has 0 spiro atoms. The zero-order valence-electron chi connectivity index (χ0n) is 13.5. The summed E-state index contributed by atoms with van der Waals surface area (Å²) >= 11 is 0. The molecular weight excluding hydrogens is 321 g/mol. The third kappa shape index (κ3) is 3.00. The molecule has 126 valence electrons. The minimum absolute atomic E-state index is 0.102. The number of benzene rings is 1. The van der Waals surface area contributed by atoms with Crippen molar-refractivity contribution in [2.24, 2.45) is 0 Å². The van der Waals surface area contributed by atoms with Crippen LogP contribution in [0.3, 0.4) is 0 Å². The molecule has 0 N–H and O–H groups in total. The smallest absolute Gasteiger partial charge is 0.274 e. The molecule has 0 bridgehead atoms. The molecule has 1 fully saturated rings. The number of nitrogens with zero attached hydrogens (tertiary/aromatic N) is 5. The molecular formula is C18H16FN5O. The van der Waals surface area contributed by atoms with Gasteiger partial charge in [-0.05, 0) is 18.2 Å². The van der Waals surface area contributed by atoms with Crippen LogP contribution in [0.15, 0.2) is 49.1 Å². The minimum atomic E-state index is -0.295. The van der Waals surface area contributed by atoms with E-state index >= 15 is 0 Å². The quantitative estimate of drug-likeness (QED) is 0.717. The van der Waals surface area contributed by atoms with E-state index in [0.717, 1.165) is 11.1 Å². The van der Waals surface area contributed by atoms with E-state index in [1.54, 1.807) is 23.4 Å². The van der Waals surface area contributed by atoms with Crippen LogP contribution in [0.1, 0.15) is 10.5 Å². The summed E-state index contributed by atoms with van der Waals surface area (Å²) in [6, 6.07) is 6.57. The van der Waals surface area contributed by atoms with E-state index in [4.69, 9.17) is 0 Å². The van der Waals surface area contributed by atoms with Crippen molar-refractivity contribution >= 4 is 22.5 Å². The summed E-state index contributed by atoms with van der Waals surface area (Å²) in [7, 11) is 0. The Kier molecular flexibility index (Phi) is 3.97. The molecule has 3 aromatic rings. The van der Waals surface area contributed by atoms with Gasteiger partial charge in [0.1, 0.15) is 11.5 Å². The molecule has 3 heterocycles. The number of amides is 1. The number of anilines is 1. The summed E-state index contributed by atoms with van der Waals surface area (Å²) in [4.78, 5) is 28.7. The van der Waals surface area contributed by atoms with Gasteiger partial charge in [0, 0.05) is 61.9 Å². The first-order valence-electron chi connectivity index (χ1n) is 8.07. The van der Waals surface area contributed by atoms with E-state index in [9.17, 15) is 9.18 Å². The van der Waals surface area contributed by atoms with Crippen molar-refractivity contribution in [2.45, 2.75) is 0 Å². The molecule has 1 amide bonds. The Hall–Kier alpha value is -3.09. The van der Waals surface area contributed by atoms with Crippen LogP contribution in [0.2, 0.25) is 0 Å². The summed E-state index contributed by atoms with van der Waals surface area (Å²) in [5, 5.41) is 0.914. The summed E-state index contributed by atoms with van der Waals surface area (Å²) < 4.78 is 13.4. The number of halogens is 1. The molecule has 7 heteroatoms. The van der Waals surface area contributed by atoms with Gasteiger partial charge in [-0.1, -0.05) is 0 Å². The van der Waals surface area contributed by atoms with Gasteiger partial charge in [-0.25, -0.2) is 9.37 Å². The number of fused-ring (bicyclic) bond motifs is 1. The summed E-state index contributed by atoms with van der Waals surface area (Å²) in [6.45, 7) is 2.59. The lowest BCUT2D eigenvalue weighted by Gasteiger charge is -2.36. The van der Waals surface area contributed by atoms with Crippen molar-refractivity contribution in [1.29, 1.82) is 0 Å². The first-order valence-corrected chi connectivity index (χ1v) is 8.07. The fraction of sp³-hybridized carbons (Fsp3) is 0.222. The molecule has 0 saturated carbocycles. The van der Waals surface area contributed by atoms with Crippen molar-refractivity contribution in [3.8, 4) is 0 Å². The lowest BCUT2D eigenvalue weighted by atomic mass is 10.1.